The van der Waals surface area contributed by atoms with Gasteiger partial charge in [0.05, 0.1) is 5.69 Å². The molecule has 2 aromatic carbocycles. The summed E-state index contributed by atoms with van der Waals surface area (Å²) in [7, 11) is -5.65. The molecule has 1 unspecified atom stereocenters. The minimum absolute atomic E-state index is 0.163. The van der Waals surface area contributed by atoms with Gasteiger partial charge in [-0.2, -0.15) is 8.42 Å². The molecule has 208 valence electrons. The van der Waals surface area contributed by atoms with Crippen LogP contribution in [0.3, 0.4) is 0 Å². The third-order valence-electron chi connectivity index (χ3n) is 5.87. The Bertz CT molecular complexity index is 1260. The van der Waals surface area contributed by atoms with Crippen LogP contribution < -0.4 is 14.8 Å². The number of amides is 1. The lowest BCUT2D eigenvalue weighted by atomic mass is 10.0. The van der Waals surface area contributed by atoms with Crippen molar-refractivity contribution in [1.29, 1.82) is 0 Å². The van der Waals surface area contributed by atoms with Crippen LogP contribution in [-0.4, -0.2) is 57.4 Å². The van der Waals surface area contributed by atoms with Crippen molar-refractivity contribution < 1.29 is 27.5 Å². The summed E-state index contributed by atoms with van der Waals surface area (Å²) in [5.41, 5.74) is 7.28. The summed E-state index contributed by atoms with van der Waals surface area (Å²) < 4.78 is 40.4. The highest BCUT2D eigenvalue weighted by Gasteiger charge is 2.44. The summed E-state index contributed by atoms with van der Waals surface area (Å²) in [5, 5.41) is 0. The first-order chi connectivity index (χ1) is 17.6. The molecule has 1 fully saturated rings. The number of hydrogen-bond donors (Lipinski definition) is 1. The molecule has 11 heteroatoms. The third-order valence-corrected chi connectivity index (χ3v) is 9.42. The topological polar surface area (TPSA) is 119 Å². The highest BCUT2D eigenvalue weighted by molar-refractivity contribution is 7.91. The van der Waals surface area contributed by atoms with Crippen LogP contribution in [0.5, 0.6) is 5.75 Å². The lowest BCUT2D eigenvalue weighted by molar-refractivity contribution is -0.156. The molecule has 1 saturated heterocycles. The molecular formula is C27H39N3O6SSi. The smallest absolute Gasteiger partial charge is 0.329 e. The molecule has 1 heterocycles. The Kier molecular flexibility index (Phi) is 8.95. The summed E-state index contributed by atoms with van der Waals surface area (Å²) in [6.07, 6.45) is 0.172. The van der Waals surface area contributed by atoms with E-state index in [0.29, 0.717) is 11.6 Å². The molecule has 0 radical (unpaired) electrons. The number of esters is 1. The van der Waals surface area contributed by atoms with E-state index < -0.39 is 41.8 Å². The maximum Gasteiger partial charge on any atom is 0.329 e. The lowest BCUT2D eigenvalue weighted by Crippen LogP contribution is -2.39. The van der Waals surface area contributed by atoms with E-state index in [1.54, 1.807) is 39.0 Å². The number of nitrogens with two attached hydrogens (primary N) is 1. The van der Waals surface area contributed by atoms with E-state index in [1.165, 1.54) is 0 Å². The van der Waals surface area contributed by atoms with Gasteiger partial charge in [0.1, 0.15) is 30.5 Å². The fourth-order valence-corrected chi connectivity index (χ4v) is 6.48. The van der Waals surface area contributed by atoms with E-state index in [4.69, 9.17) is 15.2 Å². The van der Waals surface area contributed by atoms with Crippen molar-refractivity contribution in [2.45, 2.75) is 71.1 Å². The Hall–Kier alpha value is -2.89. The number of ether oxygens (including phenoxy) is 2. The quantitative estimate of drug-likeness (QED) is 0.347. The van der Waals surface area contributed by atoms with Gasteiger partial charge in [0, 0.05) is 14.6 Å². The molecule has 1 aliphatic rings. The average molecular weight is 562 g/mol. The summed E-state index contributed by atoms with van der Waals surface area (Å²) in [5.74, 6) is -0.710. The normalized spacial score (nSPS) is 16.4. The van der Waals surface area contributed by atoms with Crippen molar-refractivity contribution in [3.05, 3.63) is 59.7 Å². The molecule has 2 aromatic rings. The Morgan fingerprint density at radius 1 is 1.08 bits per heavy atom. The third kappa shape index (κ3) is 7.81. The van der Waals surface area contributed by atoms with Gasteiger partial charge < -0.3 is 15.2 Å². The molecule has 1 amide bonds. The van der Waals surface area contributed by atoms with Crippen LogP contribution in [0, 0.1) is 0 Å². The van der Waals surface area contributed by atoms with E-state index in [1.807, 2.05) is 30.3 Å². The number of carbonyl (C=O) groups is 2. The van der Waals surface area contributed by atoms with Gasteiger partial charge in [-0.25, -0.2) is 8.61 Å². The minimum Gasteiger partial charge on any atom is -0.487 e. The number of nitrogens with zero attached hydrogens (tertiary/aromatic N) is 2. The Morgan fingerprint density at radius 2 is 1.74 bits per heavy atom. The Balaban J connectivity index is 1.91. The highest BCUT2D eigenvalue weighted by atomic mass is 32.2. The molecule has 0 aromatic heterocycles. The number of hydrogen-bond acceptors (Lipinski definition) is 7. The van der Waals surface area contributed by atoms with Gasteiger partial charge in [-0.3, -0.25) is 9.59 Å². The van der Waals surface area contributed by atoms with Crippen LogP contribution in [0.15, 0.2) is 48.5 Å². The molecule has 3 rings (SSSR count). The predicted octanol–water partition coefficient (Wildman–Crippen LogP) is 3.71. The first kappa shape index (κ1) is 29.7. The first-order valence-corrected chi connectivity index (χ1v) is 17.8. The summed E-state index contributed by atoms with van der Waals surface area (Å²) >= 11 is 0. The van der Waals surface area contributed by atoms with Crippen molar-refractivity contribution in [1.82, 2.24) is 4.31 Å². The van der Waals surface area contributed by atoms with Crippen molar-refractivity contribution in [2.75, 3.05) is 17.4 Å². The number of carbonyl (C=O) groups excluding carboxylic acids is 2. The fourth-order valence-electron chi connectivity index (χ4n) is 3.87. The second kappa shape index (κ2) is 11.5. The second-order valence-electron chi connectivity index (χ2n) is 11.7. The van der Waals surface area contributed by atoms with Gasteiger partial charge in [-0.05, 0) is 56.5 Å². The van der Waals surface area contributed by atoms with E-state index in [2.05, 4.69) is 19.6 Å². The second-order valence-corrected chi connectivity index (χ2v) is 19.1. The minimum atomic E-state index is -4.07. The number of benzene rings is 2. The van der Waals surface area contributed by atoms with Gasteiger partial charge in [0.2, 0.25) is 0 Å². The lowest BCUT2D eigenvalue weighted by Gasteiger charge is -2.25. The molecule has 0 aliphatic carbocycles. The zero-order chi connectivity index (χ0) is 28.3. The maximum atomic E-state index is 13.4. The summed E-state index contributed by atoms with van der Waals surface area (Å²) in [6.45, 7) is 11.8. The molecule has 38 heavy (non-hydrogen) atoms. The zero-order valence-electron chi connectivity index (χ0n) is 23.1. The first-order valence-electron chi connectivity index (χ1n) is 12.7. The van der Waals surface area contributed by atoms with Crippen LogP contribution >= 0.6 is 0 Å². The van der Waals surface area contributed by atoms with Crippen molar-refractivity contribution >= 4 is 35.8 Å². The van der Waals surface area contributed by atoms with E-state index in [-0.39, 0.29) is 37.6 Å². The van der Waals surface area contributed by atoms with Crippen LogP contribution in [0.1, 0.15) is 31.9 Å². The van der Waals surface area contributed by atoms with Gasteiger partial charge in [-0.1, -0.05) is 56.0 Å². The van der Waals surface area contributed by atoms with Crippen molar-refractivity contribution in [3.8, 4) is 5.75 Å². The van der Waals surface area contributed by atoms with Crippen LogP contribution in [0.25, 0.3) is 0 Å². The standard InChI is InChI=1S/C27H39N3O6SSi/c1-27(2,3)36-26(32)22(28)16-21-12-13-23(24(17-21)35-19-20-10-8-7-9-11-20)30-18-25(31)29(37(30,33)34)14-15-38(4,5)6/h7-13,17,22H,14-16,18-19,28H2,1-6H3. The fraction of sp³-hybridized carbons (Fsp3) is 0.481. The molecule has 2 N–H and O–H groups in total. The molecule has 0 spiro atoms. The number of anilines is 1. The Morgan fingerprint density at radius 3 is 2.34 bits per heavy atom. The van der Waals surface area contributed by atoms with Gasteiger partial charge in [0.25, 0.3) is 5.91 Å². The molecule has 9 nitrogen and oxygen atoms in total. The summed E-state index contributed by atoms with van der Waals surface area (Å²) in [6, 6.07) is 14.2. The monoisotopic (exact) mass is 561 g/mol. The molecule has 1 aliphatic heterocycles. The average Bonchev–Trinajstić information content (AvgIpc) is 3.03. The SMILES string of the molecule is CC(C)(C)OC(=O)C(N)Cc1ccc(N2CC(=O)N(CC[Si](C)(C)C)S2(=O)=O)c(OCc2ccccc2)c1. The largest absolute Gasteiger partial charge is 0.487 e. The van der Waals surface area contributed by atoms with E-state index in [0.717, 1.165) is 14.2 Å². The van der Waals surface area contributed by atoms with Gasteiger partial charge >= 0.3 is 16.2 Å². The van der Waals surface area contributed by atoms with Gasteiger partial charge in [-0.15, -0.1) is 0 Å². The van der Waals surface area contributed by atoms with Crippen molar-refractivity contribution in [3.63, 3.8) is 0 Å². The van der Waals surface area contributed by atoms with E-state index in [9.17, 15) is 18.0 Å². The molecule has 0 bridgehead atoms. The predicted molar refractivity (Wildman–Crippen MR) is 151 cm³/mol. The zero-order valence-corrected chi connectivity index (χ0v) is 24.9. The van der Waals surface area contributed by atoms with Crippen molar-refractivity contribution in [2.24, 2.45) is 5.73 Å². The highest BCUT2D eigenvalue weighted by Crippen LogP contribution is 2.36. The maximum absolute atomic E-state index is 13.4. The van der Waals surface area contributed by atoms with E-state index >= 15 is 0 Å². The van der Waals surface area contributed by atoms with Crippen LogP contribution in [0.2, 0.25) is 25.7 Å². The van der Waals surface area contributed by atoms with Gasteiger partial charge in [0.15, 0.2) is 0 Å². The molecule has 0 saturated carbocycles. The molecule has 1 atom stereocenters. The Labute approximate surface area is 227 Å². The van der Waals surface area contributed by atoms with Crippen LogP contribution in [0.4, 0.5) is 5.69 Å². The summed E-state index contributed by atoms with van der Waals surface area (Å²) in [4.78, 5) is 25.2. The number of rotatable bonds is 10. The van der Waals surface area contributed by atoms with Crippen LogP contribution in [-0.2, 0) is 37.6 Å². The molecular weight excluding hydrogens is 522 g/mol.